The second-order valence-corrected chi connectivity index (χ2v) is 4.10. The van der Waals surface area contributed by atoms with Crippen molar-refractivity contribution in [3.05, 3.63) is 58.5 Å². The normalized spacial score (nSPS) is 10.5. The SMILES string of the molecule is Cc1cc(=O)n(CCNCc2cccnc2)cn1. The zero-order valence-electron chi connectivity index (χ0n) is 10.3. The van der Waals surface area contributed by atoms with Crippen molar-refractivity contribution in [2.75, 3.05) is 6.54 Å². The molecule has 1 N–H and O–H groups in total. The second-order valence-electron chi connectivity index (χ2n) is 4.10. The van der Waals surface area contributed by atoms with Crippen LogP contribution in [0.5, 0.6) is 0 Å². The highest BCUT2D eigenvalue weighted by atomic mass is 16.1. The molecule has 0 aliphatic carbocycles. The molecule has 2 aromatic heterocycles. The lowest BCUT2D eigenvalue weighted by atomic mass is 10.3. The van der Waals surface area contributed by atoms with E-state index in [1.165, 1.54) is 0 Å². The zero-order valence-corrected chi connectivity index (χ0v) is 10.3. The van der Waals surface area contributed by atoms with Crippen molar-refractivity contribution in [3.63, 3.8) is 0 Å². The fraction of sp³-hybridized carbons (Fsp3) is 0.308. The number of hydrogen-bond donors (Lipinski definition) is 1. The molecule has 2 rings (SSSR count). The fourth-order valence-corrected chi connectivity index (χ4v) is 1.62. The Balaban J connectivity index is 1.80. The van der Waals surface area contributed by atoms with Crippen LogP contribution in [0.25, 0.3) is 0 Å². The van der Waals surface area contributed by atoms with E-state index in [0.29, 0.717) is 6.54 Å². The number of pyridine rings is 1. The number of nitrogens with one attached hydrogen (secondary N) is 1. The molecule has 0 bridgehead atoms. The maximum atomic E-state index is 11.6. The summed E-state index contributed by atoms with van der Waals surface area (Å²) in [5, 5.41) is 3.26. The van der Waals surface area contributed by atoms with Crippen LogP contribution in [-0.2, 0) is 13.1 Å². The molecule has 0 atom stereocenters. The number of aromatic nitrogens is 3. The minimum Gasteiger partial charge on any atom is -0.311 e. The van der Waals surface area contributed by atoms with Gasteiger partial charge in [0.25, 0.3) is 5.56 Å². The largest absolute Gasteiger partial charge is 0.311 e. The van der Waals surface area contributed by atoms with Crippen LogP contribution in [0.2, 0.25) is 0 Å². The maximum absolute atomic E-state index is 11.6. The van der Waals surface area contributed by atoms with E-state index >= 15 is 0 Å². The maximum Gasteiger partial charge on any atom is 0.253 e. The Bertz CT molecular complexity index is 550. The molecule has 0 aliphatic heterocycles. The lowest BCUT2D eigenvalue weighted by Crippen LogP contribution is -2.26. The van der Waals surface area contributed by atoms with Gasteiger partial charge < -0.3 is 5.32 Å². The van der Waals surface area contributed by atoms with Gasteiger partial charge in [-0.1, -0.05) is 6.07 Å². The average molecular weight is 244 g/mol. The minimum absolute atomic E-state index is 0.00863. The van der Waals surface area contributed by atoms with Crippen LogP contribution in [0.15, 0.2) is 41.7 Å². The molecule has 18 heavy (non-hydrogen) atoms. The van der Waals surface area contributed by atoms with Gasteiger partial charge in [0.1, 0.15) is 0 Å². The molecule has 2 heterocycles. The summed E-state index contributed by atoms with van der Waals surface area (Å²) >= 11 is 0. The summed E-state index contributed by atoms with van der Waals surface area (Å²) in [7, 11) is 0. The number of rotatable bonds is 5. The molecule has 0 fully saturated rings. The van der Waals surface area contributed by atoms with Gasteiger partial charge in [0.15, 0.2) is 0 Å². The lowest BCUT2D eigenvalue weighted by molar-refractivity contribution is 0.576. The second kappa shape index (κ2) is 6.07. The van der Waals surface area contributed by atoms with Crippen LogP contribution < -0.4 is 10.9 Å². The molecule has 0 saturated heterocycles. The zero-order chi connectivity index (χ0) is 12.8. The molecule has 0 saturated carbocycles. The Kier molecular flexibility index (Phi) is 4.20. The third-order valence-corrected chi connectivity index (χ3v) is 2.60. The van der Waals surface area contributed by atoms with Crippen molar-refractivity contribution < 1.29 is 0 Å². The van der Waals surface area contributed by atoms with E-state index in [9.17, 15) is 4.79 Å². The van der Waals surface area contributed by atoms with Crippen molar-refractivity contribution in [2.24, 2.45) is 0 Å². The van der Waals surface area contributed by atoms with Crippen LogP contribution in [-0.4, -0.2) is 21.1 Å². The smallest absolute Gasteiger partial charge is 0.253 e. The van der Waals surface area contributed by atoms with Crippen molar-refractivity contribution in [1.82, 2.24) is 19.9 Å². The van der Waals surface area contributed by atoms with Crippen LogP contribution in [0.4, 0.5) is 0 Å². The molecule has 0 amide bonds. The molecule has 0 unspecified atom stereocenters. The first-order valence-corrected chi connectivity index (χ1v) is 5.88. The number of hydrogen-bond acceptors (Lipinski definition) is 4. The standard InChI is InChI=1S/C13H16N4O/c1-11-7-13(18)17(10-16-11)6-5-15-9-12-3-2-4-14-8-12/h2-4,7-8,10,15H,5-6,9H2,1H3. The molecule has 2 aromatic rings. The highest BCUT2D eigenvalue weighted by molar-refractivity contribution is 5.07. The third kappa shape index (κ3) is 3.49. The first-order valence-electron chi connectivity index (χ1n) is 5.88. The van der Waals surface area contributed by atoms with Gasteiger partial charge in [-0.2, -0.15) is 0 Å². The molecule has 0 aromatic carbocycles. The molecular formula is C13H16N4O. The molecule has 0 aliphatic rings. The van der Waals surface area contributed by atoms with E-state index in [4.69, 9.17) is 0 Å². The van der Waals surface area contributed by atoms with E-state index in [1.54, 1.807) is 23.2 Å². The predicted molar refractivity (Wildman–Crippen MR) is 69.2 cm³/mol. The Morgan fingerprint density at radius 2 is 2.33 bits per heavy atom. The summed E-state index contributed by atoms with van der Waals surface area (Å²) in [4.78, 5) is 19.7. The van der Waals surface area contributed by atoms with E-state index < -0.39 is 0 Å². The summed E-state index contributed by atoms with van der Waals surface area (Å²) in [6.07, 6.45) is 5.16. The molecule has 0 radical (unpaired) electrons. The summed E-state index contributed by atoms with van der Waals surface area (Å²) in [5.41, 5.74) is 1.87. The average Bonchev–Trinajstić information content (AvgIpc) is 2.38. The van der Waals surface area contributed by atoms with E-state index in [2.05, 4.69) is 15.3 Å². The lowest BCUT2D eigenvalue weighted by Gasteiger charge is -2.06. The van der Waals surface area contributed by atoms with E-state index in [0.717, 1.165) is 24.3 Å². The van der Waals surface area contributed by atoms with Gasteiger partial charge in [0, 0.05) is 43.8 Å². The van der Waals surface area contributed by atoms with Gasteiger partial charge in [-0.05, 0) is 18.6 Å². The first kappa shape index (κ1) is 12.4. The monoisotopic (exact) mass is 244 g/mol. The van der Waals surface area contributed by atoms with Gasteiger partial charge >= 0.3 is 0 Å². The molecule has 5 nitrogen and oxygen atoms in total. The molecule has 0 spiro atoms. The Morgan fingerprint density at radius 1 is 1.44 bits per heavy atom. The predicted octanol–water partition coefficient (Wildman–Crippen LogP) is 0.737. The van der Waals surface area contributed by atoms with Gasteiger partial charge in [-0.15, -0.1) is 0 Å². The molecule has 94 valence electrons. The van der Waals surface area contributed by atoms with E-state index in [-0.39, 0.29) is 5.56 Å². The first-order chi connectivity index (χ1) is 8.75. The van der Waals surface area contributed by atoms with Crippen molar-refractivity contribution >= 4 is 0 Å². The van der Waals surface area contributed by atoms with Crippen molar-refractivity contribution in [3.8, 4) is 0 Å². The van der Waals surface area contributed by atoms with Gasteiger partial charge in [-0.25, -0.2) is 4.98 Å². The molecular weight excluding hydrogens is 228 g/mol. The topological polar surface area (TPSA) is 59.8 Å². The summed E-state index contributed by atoms with van der Waals surface area (Å²) in [6, 6.07) is 5.46. The number of aryl methyl sites for hydroxylation is 1. The highest BCUT2D eigenvalue weighted by Gasteiger charge is 1.97. The third-order valence-electron chi connectivity index (χ3n) is 2.60. The summed E-state index contributed by atoms with van der Waals surface area (Å²) < 4.78 is 1.60. The minimum atomic E-state index is -0.00863. The Morgan fingerprint density at radius 3 is 3.06 bits per heavy atom. The Labute approximate surface area is 106 Å². The Hall–Kier alpha value is -2.01. The highest BCUT2D eigenvalue weighted by Crippen LogP contribution is 1.93. The van der Waals surface area contributed by atoms with Crippen molar-refractivity contribution in [2.45, 2.75) is 20.0 Å². The van der Waals surface area contributed by atoms with Crippen molar-refractivity contribution in [1.29, 1.82) is 0 Å². The molecule has 5 heteroatoms. The quantitative estimate of drug-likeness (QED) is 0.788. The van der Waals surface area contributed by atoms with Gasteiger partial charge in [0.05, 0.1) is 6.33 Å². The summed E-state index contributed by atoms with van der Waals surface area (Å²) in [6.45, 7) is 3.90. The van der Waals surface area contributed by atoms with Crippen LogP contribution in [0.1, 0.15) is 11.3 Å². The van der Waals surface area contributed by atoms with Gasteiger partial charge in [-0.3, -0.25) is 14.3 Å². The van der Waals surface area contributed by atoms with Crippen LogP contribution in [0, 0.1) is 6.92 Å². The van der Waals surface area contributed by atoms with E-state index in [1.807, 2.05) is 25.3 Å². The number of nitrogens with zero attached hydrogens (tertiary/aromatic N) is 3. The van der Waals surface area contributed by atoms with Crippen LogP contribution in [0.3, 0.4) is 0 Å². The van der Waals surface area contributed by atoms with Crippen LogP contribution >= 0.6 is 0 Å². The van der Waals surface area contributed by atoms with Gasteiger partial charge in [0.2, 0.25) is 0 Å². The fourth-order valence-electron chi connectivity index (χ4n) is 1.62. The summed E-state index contributed by atoms with van der Waals surface area (Å²) in [5.74, 6) is 0.